The normalized spacial score (nSPS) is 23.3. The van der Waals surface area contributed by atoms with Crippen molar-refractivity contribution in [2.45, 2.75) is 38.3 Å². The molecule has 1 aliphatic rings. The molecule has 106 valence electrons. The SMILES string of the molecule is CC(C)(C)OC(=O)NC1(c2cnc(N)[nH]2)CCOC1. The van der Waals surface area contributed by atoms with Gasteiger partial charge in [0.15, 0.2) is 5.95 Å². The number of nitrogens with one attached hydrogen (secondary N) is 2. The molecule has 7 nitrogen and oxygen atoms in total. The second-order valence-corrected chi connectivity index (χ2v) is 5.69. The smallest absolute Gasteiger partial charge is 0.408 e. The van der Waals surface area contributed by atoms with E-state index < -0.39 is 17.2 Å². The number of nitrogens with two attached hydrogens (primary N) is 1. The zero-order valence-electron chi connectivity index (χ0n) is 11.4. The van der Waals surface area contributed by atoms with Crippen molar-refractivity contribution in [2.24, 2.45) is 0 Å². The van der Waals surface area contributed by atoms with E-state index in [1.165, 1.54) is 0 Å². The minimum atomic E-state index is -0.646. The van der Waals surface area contributed by atoms with Gasteiger partial charge in [-0.05, 0) is 20.8 Å². The average Bonchev–Trinajstić information content (AvgIpc) is 2.84. The van der Waals surface area contributed by atoms with Crippen LogP contribution in [0.1, 0.15) is 32.9 Å². The Bertz CT molecular complexity index is 458. The van der Waals surface area contributed by atoms with Gasteiger partial charge in [0.1, 0.15) is 11.1 Å². The van der Waals surface area contributed by atoms with Crippen LogP contribution in [0.25, 0.3) is 0 Å². The molecule has 2 heterocycles. The van der Waals surface area contributed by atoms with Crippen LogP contribution in [0, 0.1) is 0 Å². The fourth-order valence-corrected chi connectivity index (χ4v) is 2.02. The van der Waals surface area contributed by atoms with Crippen molar-refractivity contribution >= 4 is 12.0 Å². The number of aromatic nitrogens is 2. The number of nitrogens with zero attached hydrogens (tertiary/aromatic N) is 1. The highest BCUT2D eigenvalue weighted by Crippen LogP contribution is 2.30. The summed E-state index contributed by atoms with van der Waals surface area (Å²) in [6.45, 7) is 6.39. The quantitative estimate of drug-likeness (QED) is 0.746. The van der Waals surface area contributed by atoms with Crippen molar-refractivity contribution in [2.75, 3.05) is 18.9 Å². The van der Waals surface area contributed by atoms with E-state index in [9.17, 15) is 4.79 Å². The lowest BCUT2D eigenvalue weighted by Gasteiger charge is -2.29. The Hall–Kier alpha value is -1.76. The fourth-order valence-electron chi connectivity index (χ4n) is 2.02. The molecule has 1 unspecified atom stereocenters. The number of carbonyl (C=O) groups is 1. The molecule has 0 aromatic carbocycles. The Morgan fingerprint density at radius 1 is 1.63 bits per heavy atom. The van der Waals surface area contributed by atoms with Crippen molar-refractivity contribution in [1.29, 1.82) is 0 Å². The maximum absolute atomic E-state index is 11.9. The van der Waals surface area contributed by atoms with Crippen molar-refractivity contribution < 1.29 is 14.3 Å². The van der Waals surface area contributed by atoms with Crippen molar-refractivity contribution in [3.8, 4) is 0 Å². The number of H-pyrrole nitrogens is 1. The Kier molecular flexibility index (Phi) is 3.40. The van der Waals surface area contributed by atoms with E-state index in [0.717, 1.165) is 5.69 Å². The van der Waals surface area contributed by atoms with Gasteiger partial charge < -0.3 is 25.5 Å². The first kappa shape index (κ1) is 13.7. The lowest BCUT2D eigenvalue weighted by Crippen LogP contribution is -2.48. The zero-order chi connectivity index (χ0) is 14.1. The Balaban J connectivity index is 2.15. The van der Waals surface area contributed by atoms with Crippen LogP contribution < -0.4 is 11.1 Å². The molecule has 0 bridgehead atoms. The summed E-state index contributed by atoms with van der Waals surface area (Å²) in [5, 5.41) is 2.87. The third-order valence-corrected chi connectivity index (χ3v) is 2.87. The fraction of sp³-hybridized carbons (Fsp3) is 0.667. The summed E-state index contributed by atoms with van der Waals surface area (Å²) in [5.41, 5.74) is 5.13. The third kappa shape index (κ3) is 3.17. The molecule has 1 aromatic rings. The summed E-state index contributed by atoms with van der Waals surface area (Å²) >= 11 is 0. The van der Waals surface area contributed by atoms with Crippen LogP contribution in [0.15, 0.2) is 6.20 Å². The van der Waals surface area contributed by atoms with Crippen LogP contribution >= 0.6 is 0 Å². The summed E-state index contributed by atoms with van der Waals surface area (Å²) in [6, 6.07) is 0. The number of nitrogen functional groups attached to an aromatic ring is 1. The monoisotopic (exact) mass is 268 g/mol. The minimum Gasteiger partial charge on any atom is -0.444 e. The van der Waals surface area contributed by atoms with E-state index in [1.807, 2.05) is 20.8 Å². The van der Waals surface area contributed by atoms with Crippen LogP contribution in [-0.4, -0.2) is 34.9 Å². The van der Waals surface area contributed by atoms with Gasteiger partial charge in [-0.3, -0.25) is 0 Å². The molecule has 4 N–H and O–H groups in total. The van der Waals surface area contributed by atoms with Gasteiger partial charge in [-0.15, -0.1) is 0 Å². The van der Waals surface area contributed by atoms with Gasteiger partial charge in [-0.25, -0.2) is 9.78 Å². The molecule has 2 rings (SSSR count). The molecule has 0 saturated carbocycles. The first-order valence-electron chi connectivity index (χ1n) is 6.21. The number of amides is 1. The van der Waals surface area contributed by atoms with Crippen molar-refractivity contribution in [3.05, 3.63) is 11.9 Å². The number of imidazole rings is 1. The van der Waals surface area contributed by atoms with Gasteiger partial charge >= 0.3 is 6.09 Å². The third-order valence-electron chi connectivity index (χ3n) is 2.87. The van der Waals surface area contributed by atoms with E-state index in [2.05, 4.69) is 15.3 Å². The second kappa shape index (κ2) is 4.73. The Morgan fingerprint density at radius 3 is 2.84 bits per heavy atom. The molecule has 0 radical (unpaired) electrons. The highest BCUT2D eigenvalue weighted by atomic mass is 16.6. The summed E-state index contributed by atoms with van der Waals surface area (Å²) in [4.78, 5) is 18.9. The maximum Gasteiger partial charge on any atom is 0.408 e. The predicted octanol–water partition coefficient (Wildman–Crippen LogP) is 1.13. The molecule has 1 amide bonds. The highest BCUT2D eigenvalue weighted by Gasteiger charge is 2.41. The molecule has 0 aliphatic carbocycles. The molecule has 1 aliphatic heterocycles. The number of aromatic amines is 1. The summed E-state index contributed by atoms with van der Waals surface area (Å²) < 4.78 is 10.7. The number of hydrogen-bond donors (Lipinski definition) is 3. The Morgan fingerprint density at radius 2 is 2.37 bits per heavy atom. The molecular weight excluding hydrogens is 248 g/mol. The highest BCUT2D eigenvalue weighted by molar-refractivity contribution is 5.69. The summed E-state index contributed by atoms with van der Waals surface area (Å²) in [5.74, 6) is 0.312. The number of rotatable bonds is 2. The first-order valence-corrected chi connectivity index (χ1v) is 6.21. The van der Waals surface area contributed by atoms with Gasteiger partial charge in [-0.1, -0.05) is 0 Å². The molecule has 1 atom stereocenters. The largest absolute Gasteiger partial charge is 0.444 e. The van der Waals surface area contributed by atoms with E-state index in [4.69, 9.17) is 15.2 Å². The van der Waals surface area contributed by atoms with E-state index in [1.54, 1.807) is 6.20 Å². The number of hydrogen-bond acceptors (Lipinski definition) is 5. The lowest BCUT2D eigenvalue weighted by atomic mass is 9.95. The van der Waals surface area contributed by atoms with Crippen molar-refractivity contribution in [1.82, 2.24) is 15.3 Å². The van der Waals surface area contributed by atoms with Gasteiger partial charge in [0.25, 0.3) is 0 Å². The van der Waals surface area contributed by atoms with Gasteiger partial charge in [0.2, 0.25) is 0 Å². The first-order chi connectivity index (χ1) is 8.81. The van der Waals surface area contributed by atoms with E-state index >= 15 is 0 Å². The number of alkyl carbamates (subject to hydrolysis) is 1. The molecule has 0 spiro atoms. The van der Waals surface area contributed by atoms with E-state index in [-0.39, 0.29) is 0 Å². The maximum atomic E-state index is 11.9. The van der Waals surface area contributed by atoms with Crippen LogP contribution in [0.4, 0.5) is 10.7 Å². The summed E-state index contributed by atoms with van der Waals surface area (Å²) in [6.07, 6.45) is 1.78. The summed E-state index contributed by atoms with van der Waals surface area (Å²) in [7, 11) is 0. The molecule has 7 heteroatoms. The molecular formula is C12H20N4O3. The van der Waals surface area contributed by atoms with Crippen LogP contribution in [0.3, 0.4) is 0 Å². The van der Waals surface area contributed by atoms with Crippen LogP contribution in [-0.2, 0) is 15.0 Å². The van der Waals surface area contributed by atoms with Crippen molar-refractivity contribution in [3.63, 3.8) is 0 Å². The van der Waals surface area contributed by atoms with E-state index in [0.29, 0.717) is 25.6 Å². The van der Waals surface area contributed by atoms with Gasteiger partial charge in [-0.2, -0.15) is 0 Å². The minimum absolute atomic E-state index is 0.312. The van der Waals surface area contributed by atoms with Gasteiger partial charge in [0.05, 0.1) is 18.5 Å². The lowest BCUT2D eigenvalue weighted by molar-refractivity contribution is 0.0434. The zero-order valence-corrected chi connectivity index (χ0v) is 11.4. The van der Waals surface area contributed by atoms with Crippen LogP contribution in [0.2, 0.25) is 0 Å². The molecule has 1 saturated heterocycles. The van der Waals surface area contributed by atoms with Gasteiger partial charge in [0, 0.05) is 13.0 Å². The molecule has 1 aromatic heterocycles. The second-order valence-electron chi connectivity index (χ2n) is 5.69. The number of carbonyl (C=O) groups excluding carboxylic acids is 1. The Labute approximate surface area is 111 Å². The topological polar surface area (TPSA) is 102 Å². The molecule has 1 fully saturated rings. The number of anilines is 1. The molecule has 19 heavy (non-hydrogen) atoms. The predicted molar refractivity (Wildman–Crippen MR) is 69.5 cm³/mol. The standard InChI is InChI=1S/C12H20N4O3/c1-11(2,3)19-10(17)16-12(4-5-18-7-12)8-6-14-9(13)15-8/h6H,4-5,7H2,1-3H3,(H,16,17)(H3,13,14,15). The number of ether oxygens (including phenoxy) is 2. The van der Waals surface area contributed by atoms with Crippen LogP contribution in [0.5, 0.6) is 0 Å². The average molecular weight is 268 g/mol.